The van der Waals surface area contributed by atoms with Crippen molar-refractivity contribution in [2.75, 3.05) is 0 Å². The number of rotatable bonds is 2. The Hall–Kier alpha value is -2.62. The molecule has 0 unspecified atom stereocenters. The highest BCUT2D eigenvalue weighted by atomic mass is 19.1. The first-order chi connectivity index (χ1) is 9.58. The number of hydrogen-bond acceptors (Lipinski definition) is 2. The van der Waals surface area contributed by atoms with E-state index in [0.717, 1.165) is 22.9 Å². The second-order valence-electron chi connectivity index (χ2n) is 4.45. The monoisotopic (exact) mass is 270 g/mol. The molecule has 0 aliphatic carbocycles. The lowest BCUT2D eigenvalue weighted by Gasteiger charge is -2.07. The maximum absolute atomic E-state index is 13.1. The Kier molecular flexibility index (Phi) is 2.79. The van der Waals surface area contributed by atoms with E-state index in [1.807, 2.05) is 0 Å². The van der Waals surface area contributed by atoms with Crippen molar-refractivity contribution >= 4 is 33.6 Å². The highest BCUT2D eigenvalue weighted by Crippen LogP contribution is 2.29. The molecule has 0 saturated heterocycles. The molecular formula is C16H8F2O2. The van der Waals surface area contributed by atoms with Crippen LogP contribution in [-0.2, 0) is 0 Å². The molecule has 4 heteroatoms. The molecule has 0 saturated carbocycles. The number of hydrogen-bond donors (Lipinski definition) is 0. The van der Waals surface area contributed by atoms with Gasteiger partial charge in [0.2, 0.25) is 0 Å². The van der Waals surface area contributed by atoms with Crippen LogP contribution >= 0.6 is 0 Å². The minimum absolute atomic E-state index is 0.171. The van der Waals surface area contributed by atoms with Crippen LogP contribution in [0.15, 0.2) is 48.5 Å². The number of carbonyl (C=O) groups excluding carboxylic acids is 2. The molecule has 0 radical (unpaired) electrons. The van der Waals surface area contributed by atoms with Crippen molar-refractivity contribution in [2.24, 2.45) is 0 Å². The zero-order valence-electron chi connectivity index (χ0n) is 10.2. The fourth-order valence-electron chi connectivity index (χ4n) is 2.37. The van der Waals surface area contributed by atoms with Gasteiger partial charge in [-0.15, -0.1) is 0 Å². The highest BCUT2D eigenvalue weighted by Gasteiger charge is 2.16. The number of benzene rings is 3. The molecule has 98 valence electrons. The lowest BCUT2D eigenvalue weighted by Crippen LogP contribution is -1.98. The summed E-state index contributed by atoms with van der Waals surface area (Å²) in [5, 5.41) is 2.04. The molecule has 0 amide bonds. The van der Waals surface area contributed by atoms with E-state index in [0.29, 0.717) is 0 Å². The quantitative estimate of drug-likeness (QED) is 0.516. The largest absolute Gasteiger partial charge is 0.332 e. The summed E-state index contributed by atoms with van der Waals surface area (Å²) in [7, 11) is 0. The van der Waals surface area contributed by atoms with Crippen molar-refractivity contribution in [2.45, 2.75) is 0 Å². The van der Waals surface area contributed by atoms with Gasteiger partial charge in [-0.05, 0) is 45.8 Å². The van der Waals surface area contributed by atoms with Gasteiger partial charge in [0, 0.05) is 0 Å². The van der Waals surface area contributed by atoms with Crippen molar-refractivity contribution in [3.63, 3.8) is 0 Å². The van der Waals surface area contributed by atoms with Gasteiger partial charge in [0.25, 0.3) is 0 Å². The molecular weight excluding hydrogens is 262 g/mol. The van der Waals surface area contributed by atoms with Crippen molar-refractivity contribution in [3.8, 4) is 0 Å². The Morgan fingerprint density at radius 1 is 0.700 bits per heavy atom. The third kappa shape index (κ3) is 1.86. The number of halogens is 2. The molecule has 3 aromatic rings. The molecule has 0 atom stereocenters. The molecule has 3 aromatic carbocycles. The molecule has 0 aromatic heterocycles. The van der Waals surface area contributed by atoms with Crippen molar-refractivity contribution in [1.29, 1.82) is 0 Å². The summed E-state index contributed by atoms with van der Waals surface area (Å²) in [6.07, 6.45) is 0. The first-order valence-electron chi connectivity index (χ1n) is 5.93. The van der Waals surface area contributed by atoms with Gasteiger partial charge in [0.1, 0.15) is 0 Å². The smallest absolute Gasteiger partial charge is 0.255 e. The average molecular weight is 270 g/mol. The van der Waals surface area contributed by atoms with E-state index in [4.69, 9.17) is 0 Å². The third-order valence-electron chi connectivity index (χ3n) is 3.31. The molecule has 3 rings (SSSR count). The summed E-state index contributed by atoms with van der Waals surface area (Å²) in [6.45, 7) is 0. The summed E-state index contributed by atoms with van der Waals surface area (Å²) in [6, 6.07) is 9.42. The van der Waals surface area contributed by atoms with Gasteiger partial charge >= 0.3 is 12.1 Å². The Bertz CT molecular complexity index is 797. The summed E-state index contributed by atoms with van der Waals surface area (Å²) in [4.78, 5) is 22.1. The summed E-state index contributed by atoms with van der Waals surface area (Å²) in [5.41, 5.74) is -0.341. The number of carbonyl (C=O) groups is 2. The third-order valence-corrected chi connectivity index (χ3v) is 3.31. The summed E-state index contributed by atoms with van der Waals surface area (Å²) >= 11 is 0. The fraction of sp³-hybridized carbons (Fsp3) is 0. The second-order valence-corrected chi connectivity index (χ2v) is 4.45. The SMILES string of the molecule is O=C(F)c1ccc(C(=O)F)c2cc3ccccc3cc12. The topological polar surface area (TPSA) is 34.1 Å². The first-order valence-corrected chi connectivity index (χ1v) is 5.93. The molecule has 0 N–H and O–H groups in total. The van der Waals surface area contributed by atoms with Gasteiger partial charge in [0.05, 0.1) is 11.1 Å². The Morgan fingerprint density at radius 3 is 1.45 bits per heavy atom. The summed E-state index contributed by atoms with van der Waals surface area (Å²) in [5.74, 6) is 0. The van der Waals surface area contributed by atoms with Gasteiger partial charge in [-0.3, -0.25) is 9.59 Å². The zero-order valence-corrected chi connectivity index (χ0v) is 10.2. The highest BCUT2D eigenvalue weighted by molar-refractivity contribution is 6.14. The lowest BCUT2D eigenvalue weighted by atomic mass is 9.96. The van der Waals surface area contributed by atoms with Gasteiger partial charge in [0.15, 0.2) is 0 Å². The van der Waals surface area contributed by atoms with Crippen LogP contribution in [-0.4, -0.2) is 12.1 Å². The van der Waals surface area contributed by atoms with E-state index in [-0.39, 0.29) is 21.9 Å². The van der Waals surface area contributed by atoms with Crippen LogP contribution in [0.1, 0.15) is 20.7 Å². The van der Waals surface area contributed by atoms with Gasteiger partial charge < -0.3 is 0 Å². The average Bonchev–Trinajstić information content (AvgIpc) is 2.43. The second kappa shape index (κ2) is 4.49. The predicted molar refractivity (Wildman–Crippen MR) is 72.3 cm³/mol. The standard InChI is InChI=1S/C16H8F2O2/c17-15(19)11-5-6-12(16(18)20)14-8-10-4-2-1-3-9(10)7-13(11)14/h1-8H. The van der Waals surface area contributed by atoms with Crippen LogP contribution in [0.25, 0.3) is 21.5 Å². The van der Waals surface area contributed by atoms with Gasteiger partial charge in [-0.25, -0.2) is 0 Å². The van der Waals surface area contributed by atoms with Crippen LogP contribution < -0.4 is 0 Å². The van der Waals surface area contributed by atoms with Crippen molar-refractivity contribution in [1.82, 2.24) is 0 Å². The molecule has 20 heavy (non-hydrogen) atoms. The van der Waals surface area contributed by atoms with Gasteiger partial charge in [-0.1, -0.05) is 24.3 Å². The van der Waals surface area contributed by atoms with Crippen LogP contribution in [0.4, 0.5) is 8.78 Å². The molecule has 2 nitrogen and oxygen atoms in total. The predicted octanol–water partition coefficient (Wildman–Crippen LogP) is 4.21. The maximum Gasteiger partial charge on any atom is 0.332 e. The van der Waals surface area contributed by atoms with E-state index in [9.17, 15) is 18.4 Å². The molecule has 0 fully saturated rings. The van der Waals surface area contributed by atoms with E-state index in [2.05, 4.69) is 0 Å². The Balaban J connectivity index is 2.52. The minimum Gasteiger partial charge on any atom is -0.255 e. The van der Waals surface area contributed by atoms with Gasteiger partial charge in [-0.2, -0.15) is 8.78 Å². The molecule has 0 spiro atoms. The van der Waals surface area contributed by atoms with E-state index in [1.165, 1.54) is 0 Å². The fourth-order valence-corrected chi connectivity index (χ4v) is 2.37. The molecule has 0 aliphatic heterocycles. The minimum atomic E-state index is -1.61. The maximum atomic E-state index is 13.1. The van der Waals surface area contributed by atoms with Crippen molar-refractivity contribution < 1.29 is 18.4 Å². The normalized spacial score (nSPS) is 10.9. The molecule has 0 aliphatic rings. The van der Waals surface area contributed by atoms with E-state index >= 15 is 0 Å². The van der Waals surface area contributed by atoms with Crippen LogP contribution in [0.2, 0.25) is 0 Å². The zero-order chi connectivity index (χ0) is 14.3. The summed E-state index contributed by atoms with van der Waals surface area (Å²) < 4.78 is 26.2. The van der Waals surface area contributed by atoms with Crippen LogP contribution in [0, 0.1) is 0 Å². The Morgan fingerprint density at radius 2 is 1.10 bits per heavy atom. The van der Waals surface area contributed by atoms with E-state index in [1.54, 1.807) is 36.4 Å². The van der Waals surface area contributed by atoms with Crippen LogP contribution in [0.3, 0.4) is 0 Å². The first kappa shape index (κ1) is 12.4. The van der Waals surface area contributed by atoms with Crippen molar-refractivity contribution in [3.05, 3.63) is 59.7 Å². The molecule has 0 heterocycles. The Labute approximate surface area is 112 Å². The number of fused-ring (bicyclic) bond motifs is 2. The lowest BCUT2D eigenvalue weighted by molar-refractivity contribution is 0.0824. The van der Waals surface area contributed by atoms with Crippen LogP contribution in [0.5, 0.6) is 0 Å². The van der Waals surface area contributed by atoms with E-state index < -0.39 is 12.1 Å². The molecule has 0 bridgehead atoms.